The van der Waals surface area contributed by atoms with Gasteiger partial charge in [0.05, 0.1) is 24.3 Å². The number of para-hydroxylation sites is 2. The Labute approximate surface area is 232 Å². The van der Waals surface area contributed by atoms with Crippen LogP contribution in [0.4, 0.5) is 0 Å². The summed E-state index contributed by atoms with van der Waals surface area (Å²) in [6.45, 7) is 4.12. The van der Waals surface area contributed by atoms with Crippen LogP contribution in [0.5, 0.6) is 23.0 Å². The zero-order valence-electron chi connectivity index (χ0n) is 21.9. The van der Waals surface area contributed by atoms with Crippen molar-refractivity contribution in [1.29, 1.82) is 0 Å². The van der Waals surface area contributed by atoms with Gasteiger partial charge in [-0.2, -0.15) is 11.8 Å². The fourth-order valence-corrected chi connectivity index (χ4v) is 4.86. The molecule has 39 heavy (non-hydrogen) atoms. The average molecular weight is 543 g/mol. The first kappa shape index (κ1) is 27.8. The minimum absolute atomic E-state index is 0.283. The van der Waals surface area contributed by atoms with Crippen LogP contribution in [0.3, 0.4) is 0 Å². The molecule has 0 bridgehead atoms. The van der Waals surface area contributed by atoms with Gasteiger partial charge in [-0.1, -0.05) is 36.4 Å². The molecular weight excluding hydrogens is 512 g/mol. The second kappa shape index (κ2) is 14.1. The molecule has 4 aromatic carbocycles. The topological polar surface area (TPSA) is 71.1 Å². The van der Waals surface area contributed by atoms with Crippen molar-refractivity contribution in [3.63, 3.8) is 0 Å². The molecule has 0 saturated heterocycles. The smallest absolute Gasteiger partial charge is 0.338 e. The van der Waals surface area contributed by atoms with Crippen LogP contribution in [-0.2, 0) is 21.0 Å². The molecular formula is C32H30O6S. The van der Waals surface area contributed by atoms with Crippen molar-refractivity contribution in [2.45, 2.75) is 25.4 Å². The second-order valence-corrected chi connectivity index (χ2v) is 9.39. The molecule has 6 nitrogen and oxygen atoms in total. The first-order valence-corrected chi connectivity index (χ1v) is 13.9. The molecule has 0 atom stereocenters. The third-order valence-electron chi connectivity index (χ3n) is 5.62. The van der Waals surface area contributed by atoms with Gasteiger partial charge in [0.25, 0.3) is 0 Å². The molecule has 0 unspecified atom stereocenters. The number of benzene rings is 4. The summed E-state index contributed by atoms with van der Waals surface area (Å²) in [6.07, 6.45) is 0. The minimum Gasteiger partial charge on any atom is -0.462 e. The van der Waals surface area contributed by atoms with Gasteiger partial charge >= 0.3 is 11.9 Å². The number of rotatable bonds is 12. The fourth-order valence-electron chi connectivity index (χ4n) is 3.84. The molecule has 0 heterocycles. The lowest BCUT2D eigenvalue weighted by molar-refractivity contribution is 0.0515. The predicted octanol–water partition coefficient (Wildman–Crippen LogP) is 8.06. The maximum Gasteiger partial charge on any atom is 0.338 e. The normalized spacial score (nSPS) is 10.5. The highest BCUT2D eigenvalue weighted by Gasteiger charge is 2.17. The van der Waals surface area contributed by atoms with E-state index in [0.29, 0.717) is 45.6 Å². The summed E-state index contributed by atoms with van der Waals surface area (Å²) in [5.74, 6) is 2.86. The largest absolute Gasteiger partial charge is 0.462 e. The van der Waals surface area contributed by atoms with Crippen LogP contribution >= 0.6 is 11.8 Å². The number of esters is 2. The summed E-state index contributed by atoms with van der Waals surface area (Å²) in [5, 5.41) is 0. The van der Waals surface area contributed by atoms with Crippen LogP contribution in [0, 0.1) is 0 Å². The van der Waals surface area contributed by atoms with Gasteiger partial charge in [-0.25, -0.2) is 9.59 Å². The van der Waals surface area contributed by atoms with Crippen LogP contribution in [0.1, 0.15) is 45.7 Å². The van der Waals surface area contributed by atoms with E-state index in [1.165, 1.54) is 0 Å². The number of ether oxygens (including phenoxy) is 4. The van der Waals surface area contributed by atoms with Crippen LogP contribution in [0.15, 0.2) is 97.1 Å². The standard InChI is InChI=1S/C32H30O6S/c1-3-35-31(33)29-17-15-27(37-25-11-7-5-8-12-25)19-23(29)21-39-22-24-20-28(38-26-13-9-6-10-14-26)16-18-30(24)32(34)36-4-2/h5-20H,3-4,21-22H2,1-2H3. The Morgan fingerprint density at radius 2 is 0.974 bits per heavy atom. The van der Waals surface area contributed by atoms with E-state index in [1.54, 1.807) is 49.9 Å². The van der Waals surface area contributed by atoms with E-state index in [0.717, 1.165) is 11.1 Å². The van der Waals surface area contributed by atoms with Gasteiger partial charge in [0, 0.05) is 11.5 Å². The first-order valence-electron chi connectivity index (χ1n) is 12.7. The van der Waals surface area contributed by atoms with Crippen molar-refractivity contribution in [2.75, 3.05) is 13.2 Å². The number of carbonyl (C=O) groups is 2. The Kier molecular flexibility index (Phi) is 10.0. The van der Waals surface area contributed by atoms with E-state index < -0.39 is 0 Å². The van der Waals surface area contributed by atoms with Crippen LogP contribution in [-0.4, -0.2) is 25.2 Å². The molecule has 0 aliphatic heterocycles. The monoisotopic (exact) mass is 542 g/mol. The highest BCUT2D eigenvalue weighted by molar-refractivity contribution is 7.97. The van der Waals surface area contributed by atoms with E-state index in [-0.39, 0.29) is 25.2 Å². The number of hydrogen-bond acceptors (Lipinski definition) is 7. The predicted molar refractivity (Wildman–Crippen MR) is 153 cm³/mol. The van der Waals surface area contributed by atoms with Crippen molar-refractivity contribution in [3.8, 4) is 23.0 Å². The molecule has 7 heteroatoms. The van der Waals surface area contributed by atoms with Crippen LogP contribution in [0.2, 0.25) is 0 Å². The Bertz CT molecular complexity index is 1280. The zero-order chi connectivity index (χ0) is 27.5. The first-order chi connectivity index (χ1) is 19.1. The van der Waals surface area contributed by atoms with Gasteiger partial charge in [0.15, 0.2) is 0 Å². The van der Waals surface area contributed by atoms with Crippen molar-refractivity contribution >= 4 is 23.7 Å². The number of carbonyl (C=O) groups excluding carboxylic acids is 2. The van der Waals surface area contributed by atoms with Crippen molar-refractivity contribution in [1.82, 2.24) is 0 Å². The van der Waals surface area contributed by atoms with Crippen molar-refractivity contribution in [2.24, 2.45) is 0 Å². The van der Waals surface area contributed by atoms with Gasteiger partial charge in [0.2, 0.25) is 0 Å². The van der Waals surface area contributed by atoms with Crippen molar-refractivity contribution in [3.05, 3.63) is 119 Å². The van der Waals surface area contributed by atoms with E-state index in [4.69, 9.17) is 18.9 Å². The van der Waals surface area contributed by atoms with Gasteiger partial charge in [-0.3, -0.25) is 0 Å². The zero-order valence-corrected chi connectivity index (χ0v) is 22.7. The summed E-state index contributed by atoms with van der Waals surface area (Å²) in [7, 11) is 0. The summed E-state index contributed by atoms with van der Waals surface area (Å²) in [4.78, 5) is 25.3. The summed E-state index contributed by atoms with van der Waals surface area (Å²) in [5.41, 5.74) is 2.52. The molecule has 0 aliphatic carbocycles. The SMILES string of the molecule is CCOC(=O)c1ccc(Oc2ccccc2)cc1CSCc1cc(Oc2ccccc2)ccc1C(=O)OCC. The van der Waals surface area contributed by atoms with Gasteiger partial charge in [0.1, 0.15) is 23.0 Å². The quantitative estimate of drug-likeness (QED) is 0.168. The second-order valence-electron chi connectivity index (χ2n) is 8.40. The highest BCUT2D eigenvalue weighted by atomic mass is 32.2. The van der Waals surface area contributed by atoms with Gasteiger partial charge in [-0.15, -0.1) is 0 Å². The molecule has 0 amide bonds. The summed E-state index contributed by atoms with van der Waals surface area (Å²) >= 11 is 1.56. The van der Waals surface area contributed by atoms with E-state index >= 15 is 0 Å². The molecule has 4 aromatic rings. The summed E-state index contributed by atoms with van der Waals surface area (Å²) in [6, 6.07) is 29.6. The maximum absolute atomic E-state index is 12.7. The lowest BCUT2D eigenvalue weighted by atomic mass is 10.1. The van der Waals surface area contributed by atoms with E-state index in [2.05, 4.69) is 0 Å². The Balaban J connectivity index is 1.55. The maximum atomic E-state index is 12.7. The molecule has 0 N–H and O–H groups in total. The van der Waals surface area contributed by atoms with Crippen LogP contribution in [0.25, 0.3) is 0 Å². The molecule has 4 rings (SSSR count). The molecule has 200 valence electrons. The average Bonchev–Trinajstić information content (AvgIpc) is 2.95. The molecule has 0 aromatic heterocycles. The van der Waals surface area contributed by atoms with E-state index in [1.807, 2.05) is 72.8 Å². The lowest BCUT2D eigenvalue weighted by Crippen LogP contribution is -2.09. The van der Waals surface area contributed by atoms with Gasteiger partial charge in [-0.05, 0) is 85.6 Å². The highest BCUT2D eigenvalue weighted by Crippen LogP contribution is 2.31. The Morgan fingerprint density at radius 3 is 1.36 bits per heavy atom. The third-order valence-corrected chi connectivity index (χ3v) is 6.65. The van der Waals surface area contributed by atoms with E-state index in [9.17, 15) is 9.59 Å². The molecule has 0 aliphatic rings. The molecule has 0 spiro atoms. The third kappa shape index (κ3) is 7.88. The number of hydrogen-bond donors (Lipinski definition) is 0. The van der Waals surface area contributed by atoms with Crippen LogP contribution < -0.4 is 9.47 Å². The fraction of sp³-hybridized carbons (Fsp3) is 0.188. The molecule has 0 radical (unpaired) electrons. The number of thioether (sulfide) groups is 1. The minimum atomic E-state index is -0.384. The molecule has 0 fully saturated rings. The van der Waals surface area contributed by atoms with Gasteiger partial charge < -0.3 is 18.9 Å². The lowest BCUT2D eigenvalue weighted by Gasteiger charge is -2.14. The van der Waals surface area contributed by atoms with Crippen molar-refractivity contribution < 1.29 is 28.5 Å². The Hall–Kier alpha value is -4.23. The molecule has 0 saturated carbocycles. The Morgan fingerprint density at radius 1 is 0.564 bits per heavy atom. The summed E-state index contributed by atoms with van der Waals surface area (Å²) < 4.78 is 22.5.